The zero-order valence-electron chi connectivity index (χ0n) is 15.4. The fraction of sp³-hybridized carbons (Fsp3) is 0.611. The van der Waals surface area contributed by atoms with Gasteiger partial charge in [0, 0.05) is 20.1 Å². The van der Waals surface area contributed by atoms with Crippen LogP contribution in [0.1, 0.15) is 39.2 Å². The highest BCUT2D eigenvalue weighted by Crippen LogP contribution is 2.28. The number of nitrogens with zero attached hydrogens (tertiary/aromatic N) is 1. The number of guanidine groups is 1. The average Bonchev–Trinajstić information content (AvgIpc) is 2.56. The minimum atomic E-state index is 0. The van der Waals surface area contributed by atoms with Crippen molar-refractivity contribution in [3.63, 3.8) is 0 Å². The van der Waals surface area contributed by atoms with Crippen LogP contribution in [0.3, 0.4) is 0 Å². The lowest BCUT2D eigenvalue weighted by atomic mass is 10.1. The van der Waals surface area contributed by atoms with E-state index < -0.39 is 0 Å². The first-order valence-electron chi connectivity index (χ1n) is 8.58. The van der Waals surface area contributed by atoms with Crippen LogP contribution >= 0.6 is 24.0 Å². The molecule has 0 atom stereocenters. The summed E-state index contributed by atoms with van der Waals surface area (Å²) < 4.78 is 11.3. The molecular weight excluding hydrogens is 417 g/mol. The summed E-state index contributed by atoms with van der Waals surface area (Å²) in [7, 11) is 1.80. The summed E-state index contributed by atoms with van der Waals surface area (Å²) in [6.07, 6.45) is 3.23. The number of benzene rings is 1. The van der Waals surface area contributed by atoms with E-state index in [0.717, 1.165) is 43.4 Å². The summed E-state index contributed by atoms with van der Waals surface area (Å²) in [4.78, 5) is 4.23. The molecule has 0 radical (unpaired) electrons. The molecule has 6 heteroatoms. The predicted molar refractivity (Wildman–Crippen MR) is 112 cm³/mol. The van der Waals surface area contributed by atoms with Crippen LogP contribution in [-0.4, -0.2) is 39.3 Å². The molecule has 0 bridgehead atoms. The van der Waals surface area contributed by atoms with Crippen LogP contribution < -0.4 is 20.1 Å². The average molecular weight is 449 g/mol. The SMILES string of the molecule is CCCCNC(=NC)NCCc1ccc(OCC)c(OCC)c1.I. The normalized spacial score (nSPS) is 10.8. The number of rotatable bonds is 10. The van der Waals surface area contributed by atoms with Crippen LogP contribution in [0.15, 0.2) is 23.2 Å². The Morgan fingerprint density at radius 3 is 2.29 bits per heavy atom. The highest BCUT2D eigenvalue weighted by Gasteiger charge is 2.06. The highest BCUT2D eigenvalue weighted by molar-refractivity contribution is 14.0. The van der Waals surface area contributed by atoms with Crippen molar-refractivity contribution in [2.75, 3.05) is 33.4 Å². The van der Waals surface area contributed by atoms with E-state index in [0.29, 0.717) is 13.2 Å². The van der Waals surface area contributed by atoms with Gasteiger partial charge in [0.25, 0.3) is 0 Å². The molecular formula is C18H32IN3O2. The van der Waals surface area contributed by atoms with Crippen LogP contribution in [0.25, 0.3) is 0 Å². The van der Waals surface area contributed by atoms with E-state index >= 15 is 0 Å². The lowest BCUT2D eigenvalue weighted by Gasteiger charge is -2.14. The third-order valence-electron chi connectivity index (χ3n) is 3.36. The van der Waals surface area contributed by atoms with Gasteiger partial charge < -0.3 is 20.1 Å². The fourth-order valence-corrected chi connectivity index (χ4v) is 2.18. The molecule has 1 rings (SSSR count). The lowest BCUT2D eigenvalue weighted by molar-refractivity contribution is 0.287. The minimum Gasteiger partial charge on any atom is -0.490 e. The molecule has 0 spiro atoms. The molecule has 0 unspecified atom stereocenters. The van der Waals surface area contributed by atoms with E-state index in [1.807, 2.05) is 19.9 Å². The molecule has 0 aromatic heterocycles. The second-order valence-corrected chi connectivity index (χ2v) is 5.18. The molecule has 2 N–H and O–H groups in total. The van der Waals surface area contributed by atoms with E-state index in [1.165, 1.54) is 12.0 Å². The predicted octanol–water partition coefficient (Wildman–Crippen LogP) is 3.61. The molecule has 0 fully saturated rings. The number of hydrogen-bond donors (Lipinski definition) is 2. The number of aliphatic imine (C=N–C) groups is 1. The van der Waals surface area contributed by atoms with Crippen molar-refractivity contribution in [3.05, 3.63) is 23.8 Å². The number of ether oxygens (including phenoxy) is 2. The van der Waals surface area contributed by atoms with Crippen LogP contribution in [0, 0.1) is 0 Å². The van der Waals surface area contributed by atoms with Gasteiger partial charge in [0.1, 0.15) is 0 Å². The second kappa shape index (κ2) is 14.2. The van der Waals surface area contributed by atoms with Gasteiger partial charge >= 0.3 is 0 Å². The van der Waals surface area contributed by atoms with E-state index in [4.69, 9.17) is 9.47 Å². The number of hydrogen-bond acceptors (Lipinski definition) is 3. The molecule has 5 nitrogen and oxygen atoms in total. The van der Waals surface area contributed by atoms with E-state index in [1.54, 1.807) is 7.05 Å². The summed E-state index contributed by atoms with van der Waals surface area (Å²) in [6, 6.07) is 6.13. The van der Waals surface area contributed by atoms with Gasteiger partial charge in [0.05, 0.1) is 13.2 Å². The number of halogens is 1. The smallest absolute Gasteiger partial charge is 0.190 e. The van der Waals surface area contributed by atoms with Crippen molar-refractivity contribution in [2.24, 2.45) is 4.99 Å². The zero-order chi connectivity index (χ0) is 16.9. The maximum atomic E-state index is 5.66. The van der Waals surface area contributed by atoms with Crippen LogP contribution in [0.4, 0.5) is 0 Å². The summed E-state index contributed by atoms with van der Waals surface area (Å²) in [5.41, 5.74) is 1.22. The Labute approximate surface area is 163 Å². The fourth-order valence-electron chi connectivity index (χ4n) is 2.18. The molecule has 24 heavy (non-hydrogen) atoms. The van der Waals surface area contributed by atoms with Crippen molar-refractivity contribution in [1.29, 1.82) is 0 Å². The van der Waals surface area contributed by atoms with Gasteiger partial charge in [-0.25, -0.2) is 0 Å². The molecule has 0 saturated heterocycles. The Hall–Kier alpha value is -1.18. The van der Waals surface area contributed by atoms with Crippen LogP contribution in [0.5, 0.6) is 11.5 Å². The molecule has 1 aromatic carbocycles. The second-order valence-electron chi connectivity index (χ2n) is 5.18. The van der Waals surface area contributed by atoms with Crippen LogP contribution in [-0.2, 0) is 6.42 Å². The van der Waals surface area contributed by atoms with Gasteiger partial charge in [-0.15, -0.1) is 24.0 Å². The summed E-state index contributed by atoms with van der Waals surface area (Å²) in [5.74, 6) is 2.48. The quantitative estimate of drug-likeness (QED) is 0.248. The first-order valence-corrected chi connectivity index (χ1v) is 8.58. The Morgan fingerprint density at radius 1 is 1.00 bits per heavy atom. The maximum Gasteiger partial charge on any atom is 0.190 e. The third kappa shape index (κ3) is 8.61. The first-order chi connectivity index (χ1) is 11.2. The van der Waals surface area contributed by atoms with Crippen molar-refractivity contribution in [3.8, 4) is 11.5 Å². The number of unbranched alkanes of at least 4 members (excludes halogenated alkanes) is 1. The minimum absolute atomic E-state index is 0. The molecule has 0 amide bonds. The van der Waals surface area contributed by atoms with Crippen molar-refractivity contribution in [1.82, 2.24) is 10.6 Å². The molecule has 0 aliphatic rings. The van der Waals surface area contributed by atoms with Gasteiger partial charge in [0.15, 0.2) is 17.5 Å². The summed E-state index contributed by atoms with van der Waals surface area (Å²) in [5, 5.41) is 6.64. The zero-order valence-corrected chi connectivity index (χ0v) is 17.7. The van der Waals surface area contributed by atoms with Crippen molar-refractivity contribution < 1.29 is 9.47 Å². The molecule has 0 saturated carbocycles. The Bertz CT molecular complexity index is 481. The third-order valence-corrected chi connectivity index (χ3v) is 3.36. The van der Waals surface area contributed by atoms with E-state index in [-0.39, 0.29) is 24.0 Å². The molecule has 1 aromatic rings. The monoisotopic (exact) mass is 449 g/mol. The molecule has 0 heterocycles. The topological polar surface area (TPSA) is 54.9 Å². The Balaban J connectivity index is 0.00000529. The van der Waals surface area contributed by atoms with Gasteiger partial charge in [-0.1, -0.05) is 19.4 Å². The van der Waals surface area contributed by atoms with Gasteiger partial charge in [-0.2, -0.15) is 0 Å². The number of nitrogens with one attached hydrogen (secondary N) is 2. The van der Waals surface area contributed by atoms with Crippen molar-refractivity contribution in [2.45, 2.75) is 40.0 Å². The Morgan fingerprint density at radius 2 is 1.67 bits per heavy atom. The van der Waals surface area contributed by atoms with Crippen LogP contribution in [0.2, 0.25) is 0 Å². The van der Waals surface area contributed by atoms with E-state index in [2.05, 4.69) is 34.7 Å². The molecule has 0 aliphatic carbocycles. The molecule has 0 aliphatic heterocycles. The summed E-state index contributed by atoms with van der Waals surface area (Å²) in [6.45, 7) is 9.19. The highest BCUT2D eigenvalue weighted by atomic mass is 127. The van der Waals surface area contributed by atoms with Gasteiger partial charge in [-0.05, 0) is 44.4 Å². The standard InChI is InChI=1S/C18H31N3O2.HI/c1-5-8-12-20-18(19-4)21-13-11-15-9-10-16(22-6-2)17(14-15)23-7-3;/h9-10,14H,5-8,11-13H2,1-4H3,(H2,19,20,21);1H. The molecule has 138 valence electrons. The van der Waals surface area contributed by atoms with Gasteiger partial charge in [0.2, 0.25) is 0 Å². The van der Waals surface area contributed by atoms with Crippen molar-refractivity contribution >= 4 is 29.9 Å². The Kier molecular flexibility index (Phi) is 13.5. The van der Waals surface area contributed by atoms with Gasteiger partial charge in [-0.3, -0.25) is 4.99 Å². The lowest BCUT2D eigenvalue weighted by Crippen LogP contribution is -2.38. The largest absolute Gasteiger partial charge is 0.490 e. The first kappa shape index (κ1) is 22.8. The summed E-state index contributed by atoms with van der Waals surface area (Å²) >= 11 is 0. The van der Waals surface area contributed by atoms with E-state index in [9.17, 15) is 0 Å². The maximum absolute atomic E-state index is 5.66.